The zero-order chi connectivity index (χ0) is 14.8. The third kappa shape index (κ3) is 2.90. The average Bonchev–Trinajstić information content (AvgIpc) is 2.88. The number of anilines is 1. The van der Waals surface area contributed by atoms with Crippen molar-refractivity contribution in [1.82, 2.24) is 9.97 Å². The van der Waals surface area contributed by atoms with Crippen LogP contribution < -0.4 is 10.6 Å². The quantitative estimate of drug-likeness (QED) is 0.939. The molecular formula is C16H24N4S. The van der Waals surface area contributed by atoms with E-state index < -0.39 is 0 Å². The van der Waals surface area contributed by atoms with Gasteiger partial charge < -0.3 is 10.6 Å². The van der Waals surface area contributed by atoms with Gasteiger partial charge in [0.25, 0.3) is 0 Å². The molecule has 21 heavy (non-hydrogen) atoms. The Bertz CT molecular complexity index is 601. The molecule has 4 nitrogen and oxygen atoms in total. The fourth-order valence-electron chi connectivity index (χ4n) is 3.28. The van der Waals surface area contributed by atoms with Crippen molar-refractivity contribution in [1.29, 1.82) is 0 Å². The Hall–Kier alpha value is -1.20. The van der Waals surface area contributed by atoms with E-state index >= 15 is 0 Å². The largest absolute Gasteiger partial charge is 0.352 e. The fourth-order valence-corrected chi connectivity index (χ4v) is 4.28. The maximum Gasteiger partial charge on any atom is 0.150 e. The SMILES string of the molecule is CCCN(c1ncnc2c(C)csc12)C1CCC(N)CC1. The van der Waals surface area contributed by atoms with Gasteiger partial charge in [0.1, 0.15) is 12.1 Å². The summed E-state index contributed by atoms with van der Waals surface area (Å²) in [6.07, 6.45) is 7.46. The summed E-state index contributed by atoms with van der Waals surface area (Å²) in [5.74, 6) is 1.13. The molecule has 0 radical (unpaired) electrons. The number of aryl methyl sites for hydroxylation is 1. The predicted molar refractivity (Wildman–Crippen MR) is 90.0 cm³/mol. The first-order chi connectivity index (χ1) is 10.2. The molecule has 3 rings (SSSR count). The van der Waals surface area contributed by atoms with Crippen LogP contribution in [0.1, 0.15) is 44.6 Å². The van der Waals surface area contributed by atoms with Crippen molar-refractivity contribution in [2.24, 2.45) is 5.73 Å². The number of rotatable bonds is 4. The van der Waals surface area contributed by atoms with E-state index in [9.17, 15) is 0 Å². The molecule has 114 valence electrons. The lowest BCUT2D eigenvalue weighted by Gasteiger charge is -2.37. The zero-order valence-corrected chi connectivity index (χ0v) is 13.7. The summed E-state index contributed by atoms with van der Waals surface area (Å²) in [5, 5.41) is 2.18. The van der Waals surface area contributed by atoms with E-state index in [2.05, 4.69) is 34.1 Å². The van der Waals surface area contributed by atoms with Gasteiger partial charge in [-0.25, -0.2) is 9.97 Å². The van der Waals surface area contributed by atoms with E-state index in [0.717, 1.165) is 37.1 Å². The van der Waals surface area contributed by atoms with E-state index in [1.807, 2.05) is 0 Å². The van der Waals surface area contributed by atoms with Crippen LogP contribution in [0, 0.1) is 6.92 Å². The molecule has 2 N–H and O–H groups in total. The van der Waals surface area contributed by atoms with Gasteiger partial charge in [0.05, 0.1) is 10.2 Å². The minimum absolute atomic E-state index is 0.388. The molecule has 2 aromatic rings. The third-order valence-electron chi connectivity index (χ3n) is 4.43. The second-order valence-electron chi connectivity index (χ2n) is 6.06. The molecule has 0 bridgehead atoms. The Kier molecular flexibility index (Phi) is 4.40. The standard InChI is InChI=1S/C16H24N4S/c1-3-8-20(13-6-4-12(17)5-7-13)16-15-14(18-10-19-16)11(2)9-21-15/h9-10,12-13H,3-8,17H2,1-2H3. The summed E-state index contributed by atoms with van der Waals surface area (Å²) in [5.41, 5.74) is 8.42. The maximum absolute atomic E-state index is 6.06. The fraction of sp³-hybridized carbons (Fsp3) is 0.625. The monoisotopic (exact) mass is 304 g/mol. The molecule has 2 aromatic heterocycles. The maximum atomic E-state index is 6.06. The van der Waals surface area contributed by atoms with Crippen molar-refractivity contribution in [2.45, 2.75) is 58.0 Å². The molecule has 0 unspecified atom stereocenters. The average molecular weight is 304 g/mol. The van der Waals surface area contributed by atoms with Gasteiger partial charge in [0, 0.05) is 18.6 Å². The van der Waals surface area contributed by atoms with Crippen molar-refractivity contribution in [3.8, 4) is 0 Å². The van der Waals surface area contributed by atoms with Gasteiger partial charge in [-0.05, 0) is 50.0 Å². The molecule has 0 aromatic carbocycles. The number of hydrogen-bond acceptors (Lipinski definition) is 5. The topological polar surface area (TPSA) is 55.0 Å². The van der Waals surface area contributed by atoms with Crippen molar-refractivity contribution >= 4 is 27.4 Å². The lowest BCUT2D eigenvalue weighted by atomic mass is 9.90. The van der Waals surface area contributed by atoms with Crippen LogP contribution >= 0.6 is 11.3 Å². The first kappa shape index (κ1) is 14.7. The number of thiophene rings is 1. The smallest absolute Gasteiger partial charge is 0.150 e. The summed E-state index contributed by atoms with van der Waals surface area (Å²) in [6.45, 7) is 5.42. The highest BCUT2D eigenvalue weighted by Gasteiger charge is 2.26. The first-order valence-corrected chi connectivity index (χ1v) is 8.79. The minimum atomic E-state index is 0.388. The number of aromatic nitrogens is 2. The molecule has 0 amide bonds. The van der Waals surface area contributed by atoms with Crippen molar-refractivity contribution in [2.75, 3.05) is 11.4 Å². The molecule has 0 spiro atoms. The van der Waals surface area contributed by atoms with Crippen molar-refractivity contribution in [3.05, 3.63) is 17.3 Å². The number of fused-ring (bicyclic) bond motifs is 1. The minimum Gasteiger partial charge on any atom is -0.352 e. The number of hydrogen-bond donors (Lipinski definition) is 1. The van der Waals surface area contributed by atoms with Gasteiger partial charge in [-0.15, -0.1) is 11.3 Å². The van der Waals surface area contributed by atoms with Gasteiger partial charge in [-0.3, -0.25) is 0 Å². The molecule has 0 atom stereocenters. The number of nitrogens with zero attached hydrogens (tertiary/aromatic N) is 3. The Morgan fingerprint density at radius 2 is 2.05 bits per heavy atom. The molecule has 1 fully saturated rings. The molecule has 1 saturated carbocycles. The normalized spacial score (nSPS) is 22.6. The van der Waals surface area contributed by atoms with E-state index in [1.165, 1.54) is 23.1 Å². The Morgan fingerprint density at radius 1 is 1.29 bits per heavy atom. The second-order valence-corrected chi connectivity index (χ2v) is 6.94. The Balaban J connectivity index is 1.95. The summed E-state index contributed by atoms with van der Waals surface area (Å²) < 4.78 is 1.23. The van der Waals surface area contributed by atoms with Gasteiger partial charge >= 0.3 is 0 Å². The highest BCUT2D eigenvalue weighted by Crippen LogP contribution is 2.34. The molecule has 0 saturated heterocycles. The Labute approximate surface area is 130 Å². The van der Waals surface area contributed by atoms with Crippen LogP contribution in [0.5, 0.6) is 0 Å². The molecule has 1 aliphatic carbocycles. The molecule has 2 heterocycles. The molecule has 1 aliphatic rings. The van der Waals surface area contributed by atoms with Crippen LogP contribution in [0.2, 0.25) is 0 Å². The third-order valence-corrected chi connectivity index (χ3v) is 5.51. The van der Waals surface area contributed by atoms with Gasteiger partial charge in [-0.2, -0.15) is 0 Å². The highest BCUT2D eigenvalue weighted by molar-refractivity contribution is 7.18. The Morgan fingerprint density at radius 3 is 2.76 bits per heavy atom. The van der Waals surface area contributed by atoms with E-state index in [0.29, 0.717) is 12.1 Å². The van der Waals surface area contributed by atoms with Crippen LogP contribution in [-0.4, -0.2) is 28.6 Å². The summed E-state index contributed by atoms with van der Waals surface area (Å²) in [6, 6.07) is 0.962. The van der Waals surface area contributed by atoms with Crippen LogP contribution in [-0.2, 0) is 0 Å². The summed E-state index contributed by atoms with van der Waals surface area (Å²) in [7, 11) is 0. The summed E-state index contributed by atoms with van der Waals surface area (Å²) >= 11 is 1.77. The zero-order valence-electron chi connectivity index (χ0n) is 12.9. The van der Waals surface area contributed by atoms with Crippen LogP contribution in [0.15, 0.2) is 11.7 Å². The highest BCUT2D eigenvalue weighted by atomic mass is 32.1. The molecule has 0 aliphatic heterocycles. The number of nitrogens with two attached hydrogens (primary N) is 1. The van der Waals surface area contributed by atoms with Crippen molar-refractivity contribution < 1.29 is 0 Å². The molecule has 5 heteroatoms. The van der Waals surface area contributed by atoms with Gasteiger partial charge in [0.15, 0.2) is 0 Å². The second kappa shape index (κ2) is 6.28. The van der Waals surface area contributed by atoms with E-state index in [4.69, 9.17) is 5.73 Å². The van der Waals surface area contributed by atoms with Crippen LogP contribution in [0.4, 0.5) is 5.82 Å². The lowest BCUT2D eigenvalue weighted by Crippen LogP contribution is -2.41. The summed E-state index contributed by atoms with van der Waals surface area (Å²) in [4.78, 5) is 11.6. The van der Waals surface area contributed by atoms with Crippen molar-refractivity contribution in [3.63, 3.8) is 0 Å². The first-order valence-electron chi connectivity index (χ1n) is 7.91. The van der Waals surface area contributed by atoms with Gasteiger partial charge in [0.2, 0.25) is 0 Å². The lowest BCUT2D eigenvalue weighted by molar-refractivity contribution is 0.374. The van der Waals surface area contributed by atoms with Crippen LogP contribution in [0.3, 0.4) is 0 Å². The molecular weight excluding hydrogens is 280 g/mol. The van der Waals surface area contributed by atoms with E-state index in [1.54, 1.807) is 17.7 Å². The van der Waals surface area contributed by atoms with Crippen LogP contribution in [0.25, 0.3) is 10.2 Å². The van der Waals surface area contributed by atoms with Gasteiger partial charge in [-0.1, -0.05) is 6.92 Å². The van der Waals surface area contributed by atoms with E-state index in [-0.39, 0.29) is 0 Å². The predicted octanol–water partition coefficient (Wildman–Crippen LogP) is 3.49.